The van der Waals surface area contributed by atoms with Crippen LogP contribution in [-0.2, 0) is 0 Å². The molecule has 3 aromatic rings. The van der Waals surface area contributed by atoms with Crippen molar-refractivity contribution in [3.05, 3.63) is 81.1 Å². The number of carbonyl (C=O) groups is 1. The molecule has 0 amide bonds. The summed E-state index contributed by atoms with van der Waals surface area (Å²) in [7, 11) is 3.38. The van der Waals surface area contributed by atoms with Crippen LogP contribution in [0.2, 0.25) is 0 Å². The van der Waals surface area contributed by atoms with Crippen molar-refractivity contribution in [1.82, 2.24) is 4.68 Å². The molecule has 3 rings (SSSR count). The summed E-state index contributed by atoms with van der Waals surface area (Å²) in [6.07, 6.45) is 0. The van der Waals surface area contributed by atoms with Crippen LogP contribution in [0.1, 0.15) is 21.6 Å². The van der Waals surface area contributed by atoms with E-state index in [0.29, 0.717) is 11.3 Å². The number of carbonyl (C=O) groups excluding carboxylic acids is 1. The highest BCUT2D eigenvalue weighted by Crippen LogP contribution is 2.21. The summed E-state index contributed by atoms with van der Waals surface area (Å²) in [5, 5.41) is 1.56. The number of hydrogen-bond donors (Lipinski definition) is 0. The van der Waals surface area contributed by atoms with E-state index in [4.69, 9.17) is 0 Å². The zero-order chi connectivity index (χ0) is 18.3. The van der Waals surface area contributed by atoms with Gasteiger partial charge in [0.25, 0.3) is 0 Å². The highest BCUT2D eigenvalue weighted by molar-refractivity contribution is 6.11. The van der Waals surface area contributed by atoms with Crippen molar-refractivity contribution in [2.24, 2.45) is 0 Å². The maximum absolute atomic E-state index is 13.7. The normalized spacial score (nSPS) is 10.9. The van der Waals surface area contributed by atoms with Gasteiger partial charge in [0.15, 0.2) is 17.4 Å². The number of fused-ring (bicyclic) bond motifs is 1. The van der Waals surface area contributed by atoms with Crippen LogP contribution < -0.4 is 10.4 Å². The maximum atomic E-state index is 13.7. The van der Waals surface area contributed by atoms with Crippen molar-refractivity contribution >= 4 is 16.7 Å². The molecule has 0 fully saturated rings. The summed E-state index contributed by atoms with van der Waals surface area (Å²) in [5.41, 5.74) is 0.255. The van der Waals surface area contributed by atoms with E-state index in [1.54, 1.807) is 56.4 Å². The molecule has 0 aliphatic heterocycles. The third-order valence-corrected chi connectivity index (χ3v) is 4.08. The van der Waals surface area contributed by atoms with Crippen LogP contribution in [0.25, 0.3) is 10.9 Å². The minimum atomic E-state index is -1.13. The van der Waals surface area contributed by atoms with Gasteiger partial charge in [0, 0.05) is 25.7 Å². The Labute approximate surface area is 142 Å². The fourth-order valence-corrected chi connectivity index (χ4v) is 3.00. The second kappa shape index (κ2) is 6.12. The number of benzene rings is 2. The van der Waals surface area contributed by atoms with E-state index < -0.39 is 22.8 Å². The molecule has 0 unspecified atom stereocenters. The second-order valence-electron chi connectivity index (χ2n) is 5.93. The minimum Gasteiger partial charge on any atom is -0.319 e. The van der Waals surface area contributed by atoms with Crippen LogP contribution in [0.4, 0.5) is 8.78 Å². The number of ketones is 1. The predicted octanol–water partition coefficient (Wildman–Crippen LogP) is 3.02. The van der Waals surface area contributed by atoms with Gasteiger partial charge in [0.05, 0.1) is 22.2 Å². The van der Waals surface area contributed by atoms with Gasteiger partial charge in [0.1, 0.15) is 0 Å². The molecule has 0 aliphatic carbocycles. The van der Waals surface area contributed by atoms with Gasteiger partial charge >= 0.3 is 0 Å². The highest BCUT2D eigenvalue weighted by atomic mass is 19.2. The van der Waals surface area contributed by atoms with Crippen LogP contribution >= 0.6 is 0 Å². The Hall–Kier alpha value is -3.02. The molecule has 0 spiro atoms. The Bertz CT molecular complexity index is 1040. The molecule has 0 atom stereocenters. The van der Waals surface area contributed by atoms with E-state index >= 15 is 0 Å². The predicted molar refractivity (Wildman–Crippen MR) is 92.8 cm³/mol. The maximum Gasteiger partial charge on any atom is 0.201 e. The largest absolute Gasteiger partial charge is 0.319 e. The van der Waals surface area contributed by atoms with Crippen molar-refractivity contribution in [1.29, 1.82) is 0 Å². The van der Waals surface area contributed by atoms with E-state index in [9.17, 15) is 18.4 Å². The molecule has 2 aromatic carbocycles. The van der Waals surface area contributed by atoms with Gasteiger partial charge in [-0.05, 0) is 13.0 Å². The van der Waals surface area contributed by atoms with Crippen LogP contribution in [-0.4, -0.2) is 24.6 Å². The van der Waals surface area contributed by atoms with Crippen LogP contribution in [0.3, 0.4) is 0 Å². The van der Waals surface area contributed by atoms with Gasteiger partial charge in [0.2, 0.25) is 5.43 Å². The Morgan fingerprint density at radius 2 is 1.64 bits per heavy atom. The number of nitrogens with zero attached hydrogens (tertiary/aromatic N) is 2. The third kappa shape index (κ3) is 2.69. The van der Waals surface area contributed by atoms with Crippen LogP contribution in [0.5, 0.6) is 0 Å². The van der Waals surface area contributed by atoms with Gasteiger partial charge < -0.3 is 5.01 Å². The van der Waals surface area contributed by atoms with Crippen molar-refractivity contribution in [2.45, 2.75) is 6.92 Å². The van der Waals surface area contributed by atoms with Crippen molar-refractivity contribution in [3.63, 3.8) is 0 Å². The lowest BCUT2D eigenvalue weighted by Crippen LogP contribution is -2.33. The lowest BCUT2D eigenvalue weighted by molar-refractivity contribution is 0.103. The summed E-state index contributed by atoms with van der Waals surface area (Å²) < 4.78 is 28.9. The molecule has 0 bridgehead atoms. The monoisotopic (exact) mass is 342 g/mol. The van der Waals surface area contributed by atoms with Gasteiger partial charge in [-0.15, -0.1) is 0 Å². The number of pyridine rings is 1. The first-order valence-electron chi connectivity index (χ1n) is 7.64. The van der Waals surface area contributed by atoms with Crippen LogP contribution in [0, 0.1) is 18.6 Å². The van der Waals surface area contributed by atoms with E-state index in [0.717, 1.165) is 12.1 Å². The topological polar surface area (TPSA) is 42.3 Å². The van der Waals surface area contributed by atoms with Crippen molar-refractivity contribution in [3.8, 4) is 0 Å². The molecule has 1 aromatic heterocycles. The molecule has 25 heavy (non-hydrogen) atoms. The summed E-state index contributed by atoms with van der Waals surface area (Å²) in [6.45, 7) is 1.61. The lowest BCUT2D eigenvalue weighted by Gasteiger charge is -2.24. The fraction of sp³-hybridized carbons (Fsp3) is 0.158. The Balaban J connectivity index is 2.43. The third-order valence-electron chi connectivity index (χ3n) is 4.08. The molecular weight excluding hydrogens is 326 g/mol. The molecule has 1 heterocycles. The first kappa shape index (κ1) is 16.8. The second-order valence-corrected chi connectivity index (χ2v) is 5.93. The number of rotatable bonds is 3. The molecule has 4 nitrogen and oxygen atoms in total. The Morgan fingerprint density at radius 3 is 2.24 bits per heavy atom. The van der Waals surface area contributed by atoms with Gasteiger partial charge in [-0.3, -0.25) is 14.3 Å². The van der Waals surface area contributed by atoms with E-state index in [2.05, 4.69) is 0 Å². The van der Waals surface area contributed by atoms with E-state index in [1.165, 1.54) is 4.68 Å². The molecule has 128 valence electrons. The minimum absolute atomic E-state index is 0.0440. The Morgan fingerprint density at radius 1 is 1.04 bits per heavy atom. The molecule has 0 saturated carbocycles. The molecular formula is C19H16F2N2O2. The lowest BCUT2D eigenvalue weighted by atomic mass is 9.99. The van der Waals surface area contributed by atoms with Gasteiger partial charge in [-0.2, -0.15) is 0 Å². The number of halogens is 2. The molecule has 0 saturated heterocycles. The Kier molecular flexibility index (Phi) is 4.12. The van der Waals surface area contributed by atoms with Crippen molar-refractivity contribution < 1.29 is 13.6 Å². The number of hydrogen-bond acceptors (Lipinski definition) is 3. The molecule has 6 heteroatoms. The standard InChI is InChI=1S/C19H16F2N2O2/c1-11-17(18(24)12-7-5-4-6-8-12)19(25)13-9-14(20)15(21)10-16(13)23(11)22(2)3/h4-10H,1-3H3. The van der Waals surface area contributed by atoms with Gasteiger partial charge in [-0.1, -0.05) is 30.3 Å². The smallest absolute Gasteiger partial charge is 0.201 e. The van der Waals surface area contributed by atoms with Gasteiger partial charge in [-0.25, -0.2) is 8.78 Å². The number of aromatic nitrogens is 1. The fourth-order valence-electron chi connectivity index (χ4n) is 3.00. The zero-order valence-corrected chi connectivity index (χ0v) is 14.0. The summed E-state index contributed by atoms with van der Waals surface area (Å²) in [5.74, 6) is -2.63. The van der Waals surface area contributed by atoms with Crippen molar-refractivity contribution in [2.75, 3.05) is 19.1 Å². The average molecular weight is 342 g/mol. The zero-order valence-electron chi connectivity index (χ0n) is 14.0. The van der Waals surface area contributed by atoms with E-state index in [-0.39, 0.29) is 16.5 Å². The molecule has 0 radical (unpaired) electrons. The SMILES string of the molecule is Cc1c(C(=O)c2ccccc2)c(=O)c2cc(F)c(F)cc2n1N(C)C. The van der Waals surface area contributed by atoms with Crippen LogP contribution in [0.15, 0.2) is 47.3 Å². The molecule has 0 N–H and O–H groups in total. The quantitative estimate of drug-likeness (QED) is 0.687. The first-order chi connectivity index (χ1) is 11.8. The van der Waals surface area contributed by atoms with E-state index in [1.807, 2.05) is 0 Å². The molecule has 0 aliphatic rings. The first-order valence-corrected chi connectivity index (χ1v) is 7.64. The highest BCUT2D eigenvalue weighted by Gasteiger charge is 2.23. The summed E-state index contributed by atoms with van der Waals surface area (Å²) in [4.78, 5) is 25.7. The summed E-state index contributed by atoms with van der Waals surface area (Å²) in [6, 6.07) is 10.2. The average Bonchev–Trinajstić information content (AvgIpc) is 2.57. The summed E-state index contributed by atoms with van der Waals surface area (Å²) >= 11 is 0.